The van der Waals surface area contributed by atoms with Crippen LogP contribution in [0, 0.1) is 10.1 Å². The van der Waals surface area contributed by atoms with Crippen LogP contribution in [0.1, 0.15) is 23.7 Å². The number of nitrogen functional groups attached to an aromatic ring is 1. The Kier molecular flexibility index (Phi) is 5.25. The van der Waals surface area contributed by atoms with Crippen LogP contribution in [0.5, 0.6) is 0 Å². The lowest BCUT2D eigenvalue weighted by Crippen LogP contribution is -2.32. The maximum absolute atomic E-state index is 12.2. The Balaban J connectivity index is 3.09. The summed E-state index contributed by atoms with van der Waals surface area (Å²) in [5.41, 5.74) is 5.59. The van der Waals surface area contributed by atoms with Crippen molar-refractivity contribution in [2.75, 3.05) is 25.4 Å². The summed E-state index contributed by atoms with van der Waals surface area (Å²) in [6, 6.07) is 3.92. The van der Waals surface area contributed by atoms with Crippen molar-refractivity contribution in [2.24, 2.45) is 0 Å². The van der Waals surface area contributed by atoms with Gasteiger partial charge in [0.1, 0.15) is 5.56 Å². The molecule has 0 saturated carbocycles. The Labute approximate surface area is 110 Å². The number of nitro benzene ring substituents is 1. The van der Waals surface area contributed by atoms with Gasteiger partial charge in [-0.1, -0.05) is 0 Å². The molecule has 0 bridgehead atoms. The van der Waals surface area contributed by atoms with Gasteiger partial charge in [-0.2, -0.15) is 0 Å². The van der Waals surface area contributed by atoms with E-state index in [-0.39, 0.29) is 17.9 Å². The lowest BCUT2D eigenvalue weighted by molar-refractivity contribution is -0.385. The second kappa shape index (κ2) is 6.69. The molecule has 0 radical (unpaired) electrons. The van der Waals surface area contributed by atoms with Gasteiger partial charge in [0.05, 0.1) is 4.92 Å². The van der Waals surface area contributed by atoms with Gasteiger partial charge in [0.25, 0.3) is 11.6 Å². The van der Waals surface area contributed by atoms with Crippen LogP contribution >= 0.6 is 0 Å². The first-order valence-corrected chi connectivity index (χ1v) is 5.95. The van der Waals surface area contributed by atoms with Crippen LogP contribution in [0.3, 0.4) is 0 Å². The number of anilines is 1. The first-order chi connectivity index (χ1) is 9.01. The quantitative estimate of drug-likeness (QED) is 0.454. The molecule has 7 heteroatoms. The number of hydrogen-bond donors (Lipinski definition) is 2. The summed E-state index contributed by atoms with van der Waals surface area (Å²) in [5.74, 6) is -0.449. The standard InChI is InChI=1S/C12H17N3O4/c1-2-14(6-3-7-16)12(17)10-8-9(13)4-5-11(10)15(18)19/h4-5,8,16H,2-3,6-7,13H2,1H3. The Bertz CT molecular complexity index is 476. The van der Waals surface area contributed by atoms with Crippen molar-refractivity contribution < 1.29 is 14.8 Å². The molecule has 0 aliphatic heterocycles. The molecule has 0 saturated heterocycles. The van der Waals surface area contributed by atoms with E-state index in [0.717, 1.165) is 0 Å². The number of nitro groups is 1. The van der Waals surface area contributed by atoms with Gasteiger partial charge in [-0.3, -0.25) is 14.9 Å². The van der Waals surface area contributed by atoms with Crippen LogP contribution in [0.25, 0.3) is 0 Å². The molecule has 3 N–H and O–H groups in total. The molecule has 0 aliphatic rings. The molecule has 0 spiro atoms. The number of hydrogen-bond acceptors (Lipinski definition) is 5. The summed E-state index contributed by atoms with van der Waals surface area (Å²) in [6.07, 6.45) is 0.426. The molecule has 0 fully saturated rings. The van der Waals surface area contributed by atoms with Crippen LogP contribution in [-0.2, 0) is 0 Å². The predicted molar refractivity (Wildman–Crippen MR) is 70.8 cm³/mol. The van der Waals surface area contributed by atoms with E-state index in [1.54, 1.807) is 6.92 Å². The molecular formula is C12H17N3O4. The van der Waals surface area contributed by atoms with Crippen LogP contribution in [0.4, 0.5) is 11.4 Å². The maximum atomic E-state index is 12.2. The predicted octanol–water partition coefficient (Wildman–Crippen LogP) is 1.02. The Morgan fingerprint density at radius 3 is 2.74 bits per heavy atom. The van der Waals surface area contributed by atoms with E-state index in [4.69, 9.17) is 10.8 Å². The van der Waals surface area contributed by atoms with E-state index >= 15 is 0 Å². The first kappa shape index (κ1) is 14.9. The highest BCUT2D eigenvalue weighted by molar-refractivity contribution is 5.99. The molecule has 0 aromatic heterocycles. The molecule has 1 rings (SSSR count). The second-order valence-electron chi connectivity index (χ2n) is 4.00. The van der Waals surface area contributed by atoms with Crippen molar-refractivity contribution in [3.05, 3.63) is 33.9 Å². The van der Waals surface area contributed by atoms with Crippen molar-refractivity contribution in [1.82, 2.24) is 4.90 Å². The number of rotatable bonds is 6. The number of carbonyl (C=O) groups excluding carboxylic acids is 1. The molecule has 1 amide bonds. The van der Waals surface area contributed by atoms with Crippen molar-refractivity contribution in [3.63, 3.8) is 0 Å². The van der Waals surface area contributed by atoms with Crippen molar-refractivity contribution >= 4 is 17.3 Å². The molecule has 0 unspecified atom stereocenters. The fourth-order valence-electron chi connectivity index (χ4n) is 1.72. The zero-order valence-corrected chi connectivity index (χ0v) is 10.7. The Hall–Kier alpha value is -2.15. The molecular weight excluding hydrogens is 250 g/mol. The number of nitrogens with zero attached hydrogens (tertiary/aromatic N) is 2. The molecule has 19 heavy (non-hydrogen) atoms. The smallest absolute Gasteiger partial charge is 0.282 e. The Morgan fingerprint density at radius 2 is 2.21 bits per heavy atom. The molecule has 104 valence electrons. The van der Waals surface area contributed by atoms with E-state index in [9.17, 15) is 14.9 Å². The van der Waals surface area contributed by atoms with Gasteiger partial charge in [-0.15, -0.1) is 0 Å². The van der Waals surface area contributed by atoms with Gasteiger partial charge >= 0.3 is 0 Å². The van der Waals surface area contributed by atoms with Gasteiger partial charge in [-0.05, 0) is 25.5 Å². The van der Waals surface area contributed by atoms with E-state index in [0.29, 0.717) is 25.2 Å². The minimum atomic E-state index is -0.605. The number of aliphatic hydroxyl groups is 1. The maximum Gasteiger partial charge on any atom is 0.282 e. The molecule has 1 aromatic carbocycles. The van der Waals surface area contributed by atoms with Gasteiger partial charge in [-0.25, -0.2) is 0 Å². The highest BCUT2D eigenvalue weighted by Crippen LogP contribution is 2.22. The average Bonchev–Trinajstić information content (AvgIpc) is 2.38. The molecule has 1 aromatic rings. The zero-order chi connectivity index (χ0) is 14.4. The number of aliphatic hydroxyl groups excluding tert-OH is 1. The summed E-state index contributed by atoms with van der Waals surface area (Å²) < 4.78 is 0. The van der Waals surface area contributed by atoms with E-state index in [1.807, 2.05) is 0 Å². The van der Waals surface area contributed by atoms with Gasteiger partial charge in [0, 0.05) is 31.5 Å². The topological polar surface area (TPSA) is 110 Å². The second-order valence-corrected chi connectivity index (χ2v) is 4.00. The first-order valence-electron chi connectivity index (χ1n) is 5.95. The highest BCUT2D eigenvalue weighted by Gasteiger charge is 2.23. The zero-order valence-electron chi connectivity index (χ0n) is 10.7. The monoisotopic (exact) mass is 267 g/mol. The summed E-state index contributed by atoms with van der Waals surface area (Å²) in [5, 5.41) is 19.7. The number of nitrogens with two attached hydrogens (primary N) is 1. The molecule has 7 nitrogen and oxygen atoms in total. The van der Waals surface area contributed by atoms with Crippen LogP contribution in [-0.4, -0.2) is 40.5 Å². The normalized spacial score (nSPS) is 10.2. The van der Waals surface area contributed by atoms with Crippen molar-refractivity contribution in [2.45, 2.75) is 13.3 Å². The SMILES string of the molecule is CCN(CCCO)C(=O)c1cc(N)ccc1[N+](=O)[O-]. The summed E-state index contributed by atoms with van der Waals surface area (Å²) in [7, 11) is 0. The van der Waals surface area contributed by atoms with Crippen molar-refractivity contribution in [1.29, 1.82) is 0 Å². The average molecular weight is 267 g/mol. The van der Waals surface area contributed by atoms with Crippen LogP contribution in [0.15, 0.2) is 18.2 Å². The van der Waals surface area contributed by atoms with Gasteiger partial charge in [0.15, 0.2) is 0 Å². The van der Waals surface area contributed by atoms with Crippen LogP contribution in [0.2, 0.25) is 0 Å². The fourth-order valence-corrected chi connectivity index (χ4v) is 1.72. The van der Waals surface area contributed by atoms with Gasteiger partial charge in [0.2, 0.25) is 0 Å². The summed E-state index contributed by atoms with van der Waals surface area (Å²) in [4.78, 5) is 24.0. The lowest BCUT2D eigenvalue weighted by Gasteiger charge is -2.20. The van der Waals surface area contributed by atoms with Crippen LogP contribution < -0.4 is 5.73 Å². The lowest BCUT2D eigenvalue weighted by atomic mass is 10.1. The van der Waals surface area contributed by atoms with E-state index in [2.05, 4.69) is 0 Å². The van der Waals surface area contributed by atoms with E-state index in [1.165, 1.54) is 23.1 Å². The number of amides is 1. The van der Waals surface area contributed by atoms with Gasteiger partial charge < -0.3 is 15.7 Å². The van der Waals surface area contributed by atoms with Crippen molar-refractivity contribution in [3.8, 4) is 0 Å². The third-order valence-corrected chi connectivity index (χ3v) is 2.70. The van der Waals surface area contributed by atoms with E-state index < -0.39 is 10.8 Å². The summed E-state index contributed by atoms with van der Waals surface area (Å²) >= 11 is 0. The number of carbonyl (C=O) groups is 1. The highest BCUT2D eigenvalue weighted by atomic mass is 16.6. The number of benzene rings is 1. The minimum absolute atomic E-state index is 0.0233. The molecule has 0 heterocycles. The molecule has 0 atom stereocenters. The minimum Gasteiger partial charge on any atom is -0.399 e. The third-order valence-electron chi connectivity index (χ3n) is 2.70. The summed E-state index contributed by atoms with van der Waals surface area (Å²) in [6.45, 7) is 2.48. The third kappa shape index (κ3) is 3.65. The molecule has 0 aliphatic carbocycles. The Morgan fingerprint density at radius 1 is 1.53 bits per heavy atom. The largest absolute Gasteiger partial charge is 0.399 e. The fraction of sp³-hybridized carbons (Fsp3) is 0.417.